The number of carbonyl (C=O) groups excluding carboxylic acids is 1. The van der Waals surface area contributed by atoms with Crippen LogP contribution >= 0.6 is 11.8 Å². The second-order valence-corrected chi connectivity index (χ2v) is 6.04. The molecule has 1 aliphatic rings. The molecule has 116 valence electrons. The summed E-state index contributed by atoms with van der Waals surface area (Å²) in [6, 6.07) is 0. The molecule has 0 spiro atoms. The summed E-state index contributed by atoms with van der Waals surface area (Å²) in [6.07, 6.45) is 3.10. The molecule has 1 amide bonds. The minimum absolute atomic E-state index is 0.0948. The maximum atomic E-state index is 12.6. The molecule has 2 heterocycles. The lowest BCUT2D eigenvalue weighted by Crippen LogP contribution is -2.54. The third-order valence-corrected chi connectivity index (χ3v) is 4.40. The highest BCUT2D eigenvalue weighted by Crippen LogP contribution is 2.24. The molecule has 0 atom stereocenters. The summed E-state index contributed by atoms with van der Waals surface area (Å²) < 4.78 is 5.31. The maximum Gasteiger partial charge on any atom is 0.256 e. The van der Waals surface area contributed by atoms with Gasteiger partial charge >= 0.3 is 0 Å². The van der Waals surface area contributed by atoms with Crippen molar-refractivity contribution in [3.05, 3.63) is 17.1 Å². The Balaban J connectivity index is 2.27. The zero-order valence-corrected chi connectivity index (χ0v) is 13.4. The van der Waals surface area contributed by atoms with Crippen molar-refractivity contribution >= 4 is 17.7 Å². The second kappa shape index (κ2) is 6.72. The van der Waals surface area contributed by atoms with Gasteiger partial charge in [0.2, 0.25) is 0 Å². The molecule has 0 aliphatic carbocycles. The van der Waals surface area contributed by atoms with Gasteiger partial charge in [-0.15, -0.1) is 11.8 Å². The minimum Gasteiger partial charge on any atom is -0.394 e. The molecule has 1 aromatic rings. The maximum absolute atomic E-state index is 12.6. The summed E-state index contributed by atoms with van der Waals surface area (Å²) in [5, 5.41) is 13.3. The molecule has 0 bridgehead atoms. The fourth-order valence-electron chi connectivity index (χ4n) is 2.48. The molecule has 1 saturated heterocycles. The molecular weight excluding hydrogens is 290 g/mol. The molecule has 2 N–H and O–H groups in total. The van der Waals surface area contributed by atoms with Gasteiger partial charge in [-0.05, 0) is 32.9 Å². The molecular formula is C14H21N3O3S. The van der Waals surface area contributed by atoms with E-state index < -0.39 is 5.54 Å². The van der Waals surface area contributed by atoms with Crippen LogP contribution in [0.2, 0.25) is 0 Å². The lowest BCUT2D eigenvalue weighted by atomic mass is 9.90. The zero-order chi connectivity index (χ0) is 15.5. The third-order valence-electron chi connectivity index (χ3n) is 3.72. The average molecular weight is 311 g/mol. The number of rotatable bonds is 4. The quantitative estimate of drug-likeness (QED) is 0.639. The second-order valence-electron chi connectivity index (χ2n) is 5.25. The summed E-state index contributed by atoms with van der Waals surface area (Å²) in [4.78, 5) is 21.2. The van der Waals surface area contributed by atoms with E-state index in [9.17, 15) is 9.90 Å². The van der Waals surface area contributed by atoms with E-state index in [4.69, 9.17) is 4.74 Å². The molecule has 21 heavy (non-hydrogen) atoms. The number of ether oxygens (including phenoxy) is 1. The topological polar surface area (TPSA) is 84.3 Å². The lowest BCUT2D eigenvalue weighted by Gasteiger charge is -2.36. The molecule has 1 fully saturated rings. The largest absolute Gasteiger partial charge is 0.394 e. The van der Waals surface area contributed by atoms with E-state index in [2.05, 4.69) is 15.3 Å². The summed E-state index contributed by atoms with van der Waals surface area (Å²) >= 11 is 1.42. The third kappa shape index (κ3) is 3.53. The predicted octanol–water partition coefficient (Wildman–Crippen LogP) is 1.09. The monoisotopic (exact) mass is 311 g/mol. The number of amides is 1. The van der Waals surface area contributed by atoms with Crippen LogP contribution in [0.15, 0.2) is 5.03 Å². The highest BCUT2D eigenvalue weighted by atomic mass is 32.2. The van der Waals surface area contributed by atoms with Crippen LogP contribution in [-0.4, -0.2) is 52.6 Å². The Morgan fingerprint density at radius 2 is 2.05 bits per heavy atom. The van der Waals surface area contributed by atoms with Crippen molar-refractivity contribution < 1.29 is 14.6 Å². The highest BCUT2D eigenvalue weighted by Gasteiger charge is 2.34. The summed E-state index contributed by atoms with van der Waals surface area (Å²) in [5.74, 6) is 0.420. The number of nitrogens with zero attached hydrogens (tertiary/aromatic N) is 2. The number of hydrogen-bond donors (Lipinski definition) is 2. The Labute approximate surface area is 128 Å². The number of nitrogens with one attached hydrogen (secondary N) is 1. The average Bonchev–Trinajstić information content (AvgIpc) is 2.47. The first-order valence-electron chi connectivity index (χ1n) is 6.92. The van der Waals surface area contributed by atoms with Gasteiger partial charge in [0.05, 0.1) is 23.4 Å². The number of aryl methyl sites for hydroxylation is 2. The molecule has 0 aromatic carbocycles. The predicted molar refractivity (Wildman–Crippen MR) is 80.6 cm³/mol. The number of hydrogen-bond acceptors (Lipinski definition) is 6. The lowest BCUT2D eigenvalue weighted by molar-refractivity contribution is 0.0124. The van der Waals surface area contributed by atoms with E-state index in [0.29, 0.717) is 48.2 Å². The van der Waals surface area contributed by atoms with Crippen molar-refractivity contribution in [1.29, 1.82) is 0 Å². The van der Waals surface area contributed by atoms with E-state index in [0.717, 1.165) is 0 Å². The van der Waals surface area contributed by atoms with Gasteiger partial charge in [-0.25, -0.2) is 9.97 Å². The van der Waals surface area contributed by atoms with Gasteiger partial charge < -0.3 is 15.2 Å². The number of aliphatic hydroxyl groups excluding tert-OH is 1. The van der Waals surface area contributed by atoms with Gasteiger partial charge in [-0.3, -0.25) is 4.79 Å². The minimum atomic E-state index is -0.609. The Morgan fingerprint density at radius 3 is 2.62 bits per heavy atom. The number of aliphatic hydroxyl groups is 1. The first-order valence-corrected chi connectivity index (χ1v) is 8.14. The molecule has 1 aliphatic heterocycles. The van der Waals surface area contributed by atoms with Crippen LogP contribution in [-0.2, 0) is 4.74 Å². The summed E-state index contributed by atoms with van der Waals surface area (Å²) in [7, 11) is 0. The standard InChI is InChI=1S/C14H21N3O3S/c1-9-11(13(21-3)16-10(2)15-9)12(19)17-14(8-18)4-6-20-7-5-14/h18H,4-8H2,1-3H3,(H,17,19). The molecule has 0 radical (unpaired) electrons. The molecule has 0 saturated carbocycles. The molecule has 0 unspecified atom stereocenters. The van der Waals surface area contributed by atoms with Crippen molar-refractivity contribution in [2.75, 3.05) is 26.1 Å². The van der Waals surface area contributed by atoms with Crippen molar-refractivity contribution in [2.24, 2.45) is 0 Å². The Hall–Kier alpha value is -1.18. The zero-order valence-electron chi connectivity index (χ0n) is 12.6. The first-order chi connectivity index (χ1) is 10.0. The summed E-state index contributed by atoms with van der Waals surface area (Å²) in [5.41, 5.74) is 0.541. The van der Waals surface area contributed by atoms with Crippen LogP contribution in [0.5, 0.6) is 0 Å². The smallest absolute Gasteiger partial charge is 0.256 e. The Morgan fingerprint density at radius 1 is 1.38 bits per heavy atom. The molecule has 6 nitrogen and oxygen atoms in total. The number of carbonyl (C=O) groups is 1. The van der Waals surface area contributed by atoms with Crippen LogP contribution in [0, 0.1) is 13.8 Å². The SMILES string of the molecule is CSc1nc(C)nc(C)c1C(=O)NC1(CO)CCOCC1. The van der Waals surface area contributed by atoms with Crippen molar-refractivity contribution in [3.63, 3.8) is 0 Å². The van der Waals surface area contributed by atoms with Crippen molar-refractivity contribution in [3.8, 4) is 0 Å². The van der Waals surface area contributed by atoms with E-state index in [1.54, 1.807) is 6.92 Å². The van der Waals surface area contributed by atoms with Crippen LogP contribution in [0.3, 0.4) is 0 Å². The summed E-state index contributed by atoms with van der Waals surface area (Å²) in [6.45, 7) is 4.60. The molecule has 1 aromatic heterocycles. The van der Waals surface area contributed by atoms with Gasteiger partial charge in [-0.2, -0.15) is 0 Å². The van der Waals surface area contributed by atoms with Gasteiger partial charge in [0, 0.05) is 13.2 Å². The van der Waals surface area contributed by atoms with E-state index in [1.165, 1.54) is 11.8 Å². The Bertz CT molecular complexity index is 530. The fraction of sp³-hybridized carbons (Fsp3) is 0.643. The normalized spacial score (nSPS) is 17.5. The fourth-order valence-corrected chi connectivity index (χ4v) is 3.15. The number of aromatic nitrogens is 2. The van der Waals surface area contributed by atoms with Gasteiger partial charge in [0.1, 0.15) is 10.9 Å². The van der Waals surface area contributed by atoms with Crippen LogP contribution in [0.4, 0.5) is 0 Å². The van der Waals surface area contributed by atoms with E-state index in [-0.39, 0.29) is 12.5 Å². The van der Waals surface area contributed by atoms with Crippen LogP contribution in [0.25, 0.3) is 0 Å². The van der Waals surface area contributed by atoms with Gasteiger partial charge in [0.15, 0.2) is 0 Å². The highest BCUT2D eigenvalue weighted by molar-refractivity contribution is 7.98. The van der Waals surface area contributed by atoms with Crippen LogP contribution in [0.1, 0.15) is 34.7 Å². The van der Waals surface area contributed by atoms with Crippen molar-refractivity contribution in [1.82, 2.24) is 15.3 Å². The molecule has 7 heteroatoms. The van der Waals surface area contributed by atoms with E-state index >= 15 is 0 Å². The van der Waals surface area contributed by atoms with Crippen LogP contribution < -0.4 is 5.32 Å². The number of thioether (sulfide) groups is 1. The van der Waals surface area contributed by atoms with Crippen molar-refractivity contribution in [2.45, 2.75) is 37.3 Å². The van der Waals surface area contributed by atoms with Gasteiger partial charge in [0.25, 0.3) is 5.91 Å². The Kier molecular flexibility index (Phi) is 5.18. The first kappa shape index (κ1) is 16.2. The van der Waals surface area contributed by atoms with E-state index in [1.807, 2.05) is 13.2 Å². The molecule has 2 rings (SSSR count). The van der Waals surface area contributed by atoms with Gasteiger partial charge in [-0.1, -0.05) is 0 Å².